The lowest BCUT2D eigenvalue weighted by Gasteiger charge is -2.41. The van der Waals surface area contributed by atoms with Crippen molar-refractivity contribution in [3.63, 3.8) is 0 Å². The highest BCUT2D eigenvalue weighted by Crippen LogP contribution is 2.47. The topological polar surface area (TPSA) is 210 Å². The number of hydrogen-bond acceptors (Lipinski definition) is 12. The van der Waals surface area contributed by atoms with Crippen molar-refractivity contribution in [2.45, 2.75) is 198 Å². The Bertz CT molecular complexity index is 1040. The molecule has 53 heavy (non-hydrogen) atoms. The van der Waals surface area contributed by atoms with Crippen molar-refractivity contribution in [3.05, 3.63) is 24.3 Å². The number of unbranched alkanes of at least 4 members (excludes halogenated alkanes) is 16. The summed E-state index contributed by atoms with van der Waals surface area (Å²) in [6.07, 6.45) is 16.8. The third-order valence-electron chi connectivity index (χ3n) is 9.27. The molecule has 1 aliphatic carbocycles. The standard InChI is InChI=1S/C39H71O13P/c1-3-5-7-9-11-13-15-17-19-21-23-25-27-32(40)49-29-31(51-33(41)28-26-24-22-20-18-16-14-12-10-8-6-4-2)30-50-53(47,48)52-39-37(45)35(43)34(42)36(44)38(39)46/h11-14,31,34-39,42-46H,3-10,15-30H2,1-2H3,(H,47,48)/b13-11-,14-12-. The predicted octanol–water partition coefficient (Wildman–Crippen LogP) is 6.50. The molecule has 0 aliphatic heterocycles. The average molecular weight is 779 g/mol. The van der Waals surface area contributed by atoms with Crippen LogP contribution in [0.25, 0.3) is 0 Å². The molecule has 6 unspecified atom stereocenters. The van der Waals surface area contributed by atoms with Gasteiger partial charge in [0.05, 0.1) is 6.61 Å². The van der Waals surface area contributed by atoms with Gasteiger partial charge in [-0.25, -0.2) is 4.57 Å². The molecular formula is C39H71O13P. The number of ether oxygens (including phenoxy) is 2. The zero-order chi connectivity index (χ0) is 39.3. The molecule has 1 aliphatic rings. The van der Waals surface area contributed by atoms with Crippen molar-refractivity contribution in [1.29, 1.82) is 0 Å². The maximum atomic E-state index is 12.7. The van der Waals surface area contributed by atoms with Gasteiger partial charge in [-0.2, -0.15) is 0 Å². The summed E-state index contributed by atoms with van der Waals surface area (Å²) >= 11 is 0. The van der Waals surface area contributed by atoms with Crippen molar-refractivity contribution in [2.24, 2.45) is 0 Å². The van der Waals surface area contributed by atoms with Gasteiger partial charge in [-0.15, -0.1) is 0 Å². The van der Waals surface area contributed by atoms with Gasteiger partial charge in [-0.1, -0.05) is 102 Å². The molecule has 1 rings (SSSR count). The summed E-state index contributed by atoms with van der Waals surface area (Å²) in [6.45, 7) is 3.20. The molecule has 0 heterocycles. The van der Waals surface area contributed by atoms with Crippen LogP contribution in [0.3, 0.4) is 0 Å². The molecule has 1 saturated carbocycles. The maximum absolute atomic E-state index is 12.7. The van der Waals surface area contributed by atoms with Crippen molar-refractivity contribution in [2.75, 3.05) is 13.2 Å². The van der Waals surface area contributed by atoms with Gasteiger partial charge in [0, 0.05) is 12.8 Å². The van der Waals surface area contributed by atoms with E-state index < -0.39 is 75.7 Å². The molecule has 13 nitrogen and oxygen atoms in total. The van der Waals surface area contributed by atoms with Crippen molar-refractivity contribution in [1.82, 2.24) is 0 Å². The van der Waals surface area contributed by atoms with E-state index in [1.54, 1.807) is 0 Å². The van der Waals surface area contributed by atoms with E-state index in [1.165, 1.54) is 38.5 Å². The number of allylic oxidation sites excluding steroid dienone is 4. The Morgan fingerprint density at radius 3 is 1.43 bits per heavy atom. The monoisotopic (exact) mass is 778 g/mol. The minimum atomic E-state index is -5.11. The van der Waals surface area contributed by atoms with E-state index in [4.69, 9.17) is 18.5 Å². The van der Waals surface area contributed by atoms with E-state index in [2.05, 4.69) is 38.2 Å². The maximum Gasteiger partial charge on any atom is 0.472 e. The Hall–Kier alpha value is -1.67. The zero-order valence-electron chi connectivity index (χ0n) is 32.3. The Labute approximate surface area is 317 Å². The molecule has 0 amide bonds. The van der Waals surface area contributed by atoms with E-state index in [9.17, 15) is 44.6 Å². The third-order valence-corrected chi connectivity index (χ3v) is 10.3. The van der Waals surface area contributed by atoms with E-state index in [1.807, 2.05) is 0 Å². The quantitative estimate of drug-likeness (QED) is 0.0187. The second-order valence-electron chi connectivity index (χ2n) is 14.1. The first-order valence-electron chi connectivity index (χ1n) is 20.1. The third kappa shape index (κ3) is 23.8. The summed E-state index contributed by atoms with van der Waals surface area (Å²) in [5, 5.41) is 49.9. The Kier molecular flexibility index (Phi) is 28.4. The van der Waals surface area contributed by atoms with Crippen LogP contribution in [0.1, 0.15) is 155 Å². The number of aliphatic hydroxyl groups excluding tert-OH is 5. The van der Waals surface area contributed by atoms with Gasteiger partial charge in [0.25, 0.3) is 0 Å². The first-order valence-corrected chi connectivity index (χ1v) is 21.6. The van der Waals surface area contributed by atoms with Crippen LogP contribution >= 0.6 is 7.82 Å². The molecule has 14 heteroatoms. The minimum Gasteiger partial charge on any atom is -0.462 e. The molecule has 0 aromatic heterocycles. The second-order valence-corrected chi connectivity index (χ2v) is 15.5. The van der Waals surface area contributed by atoms with Crippen molar-refractivity contribution < 1.29 is 63.1 Å². The van der Waals surface area contributed by atoms with Crippen LogP contribution in [0.15, 0.2) is 24.3 Å². The number of rotatable bonds is 32. The highest BCUT2D eigenvalue weighted by atomic mass is 31.2. The number of carbonyl (C=O) groups is 2. The van der Waals surface area contributed by atoms with E-state index >= 15 is 0 Å². The van der Waals surface area contributed by atoms with Gasteiger partial charge in [-0.05, 0) is 64.2 Å². The van der Waals surface area contributed by atoms with Crippen LogP contribution in [-0.4, -0.2) is 98.3 Å². The number of esters is 2. The highest BCUT2D eigenvalue weighted by Gasteiger charge is 2.51. The van der Waals surface area contributed by atoms with Gasteiger partial charge in [-0.3, -0.25) is 18.6 Å². The van der Waals surface area contributed by atoms with Crippen LogP contribution in [-0.2, 0) is 32.7 Å². The van der Waals surface area contributed by atoms with Gasteiger partial charge >= 0.3 is 19.8 Å². The number of carbonyl (C=O) groups excluding carboxylic acids is 2. The van der Waals surface area contributed by atoms with Gasteiger partial charge < -0.3 is 39.9 Å². The molecule has 0 radical (unpaired) electrons. The molecule has 6 atom stereocenters. The first-order chi connectivity index (χ1) is 25.4. The van der Waals surface area contributed by atoms with E-state index in [-0.39, 0.29) is 12.8 Å². The normalized spacial score (nSPS) is 23.7. The number of phosphoric ester groups is 1. The van der Waals surface area contributed by atoms with E-state index in [0.717, 1.165) is 77.0 Å². The van der Waals surface area contributed by atoms with Crippen LogP contribution in [0.4, 0.5) is 0 Å². The first kappa shape index (κ1) is 49.3. The molecule has 310 valence electrons. The van der Waals surface area contributed by atoms with Crippen LogP contribution < -0.4 is 0 Å². The molecule has 1 fully saturated rings. The molecule has 0 aromatic rings. The van der Waals surface area contributed by atoms with Crippen LogP contribution in [0, 0.1) is 0 Å². The smallest absolute Gasteiger partial charge is 0.462 e. The lowest BCUT2D eigenvalue weighted by Crippen LogP contribution is -2.64. The fourth-order valence-electron chi connectivity index (χ4n) is 5.92. The number of phosphoric acid groups is 1. The molecule has 0 spiro atoms. The van der Waals surface area contributed by atoms with Gasteiger partial charge in [0.15, 0.2) is 6.10 Å². The van der Waals surface area contributed by atoms with Crippen molar-refractivity contribution >= 4 is 19.8 Å². The molecule has 6 N–H and O–H groups in total. The summed E-state index contributed by atoms with van der Waals surface area (Å²) < 4.78 is 33.3. The Morgan fingerprint density at radius 1 is 0.566 bits per heavy atom. The Morgan fingerprint density at radius 2 is 0.962 bits per heavy atom. The summed E-state index contributed by atoms with van der Waals surface area (Å²) in [5.74, 6) is -1.12. The summed E-state index contributed by atoms with van der Waals surface area (Å²) in [5.41, 5.74) is 0. The summed E-state index contributed by atoms with van der Waals surface area (Å²) in [6, 6.07) is 0. The van der Waals surface area contributed by atoms with Crippen LogP contribution in [0.5, 0.6) is 0 Å². The zero-order valence-corrected chi connectivity index (χ0v) is 33.2. The minimum absolute atomic E-state index is 0.0856. The van der Waals surface area contributed by atoms with Crippen LogP contribution in [0.2, 0.25) is 0 Å². The summed E-state index contributed by atoms with van der Waals surface area (Å²) in [4.78, 5) is 35.4. The van der Waals surface area contributed by atoms with Crippen molar-refractivity contribution in [3.8, 4) is 0 Å². The SMILES string of the molecule is CCCCC/C=C\CCCCCCCC(=O)OCC(COP(=O)(O)OC1C(O)C(O)C(O)C(O)C1O)OC(=O)CCCCCCC/C=C\CCCCC. The lowest BCUT2D eigenvalue weighted by molar-refractivity contribution is -0.220. The lowest BCUT2D eigenvalue weighted by atomic mass is 9.85. The average Bonchev–Trinajstić information content (AvgIpc) is 3.13. The van der Waals surface area contributed by atoms with Gasteiger partial charge in [0.1, 0.15) is 43.2 Å². The second kappa shape index (κ2) is 30.5. The van der Waals surface area contributed by atoms with E-state index in [0.29, 0.717) is 12.8 Å². The molecule has 0 aromatic carbocycles. The summed E-state index contributed by atoms with van der Waals surface area (Å²) in [7, 11) is -5.11. The molecule has 0 bridgehead atoms. The largest absolute Gasteiger partial charge is 0.472 e. The fraction of sp³-hybridized carbons (Fsp3) is 0.846. The van der Waals surface area contributed by atoms with Gasteiger partial charge in [0.2, 0.25) is 0 Å². The highest BCUT2D eigenvalue weighted by molar-refractivity contribution is 7.47. The predicted molar refractivity (Wildman–Crippen MR) is 203 cm³/mol. The Balaban J connectivity index is 2.55. The fourth-order valence-corrected chi connectivity index (χ4v) is 6.89. The molecular weight excluding hydrogens is 707 g/mol. The molecule has 0 saturated heterocycles. The number of hydrogen-bond donors (Lipinski definition) is 6. The number of aliphatic hydroxyl groups is 5.